The minimum atomic E-state index is 0.209. The molecule has 2 unspecified atom stereocenters. The molecular formula is C13H23N3O. The molecule has 0 spiro atoms. The van der Waals surface area contributed by atoms with Crippen molar-refractivity contribution in [3.63, 3.8) is 0 Å². The van der Waals surface area contributed by atoms with E-state index in [4.69, 9.17) is 4.74 Å². The average Bonchev–Trinajstić information content (AvgIpc) is 2.85. The Hall–Kier alpha value is -0.870. The van der Waals surface area contributed by atoms with Crippen molar-refractivity contribution in [2.45, 2.75) is 51.8 Å². The third kappa shape index (κ3) is 3.07. The van der Waals surface area contributed by atoms with Crippen LogP contribution in [0.4, 0.5) is 0 Å². The van der Waals surface area contributed by atoms with Crippen molar-refractivity contribution in [2.24, 2.45) is 0 Å². The topological polar surface area (TPSA) is 39.1 Å². The molecule has 1 aromatic rings. The van der Waals surface area contributed by atoms with Gasteiger partial charge in [0.25, 0.3) is 0 Å². The van der Waals surface area contributed by atoms with Gasteiger partial charge in [-0.1, -0.05) is 6.92 Å². The molecule has 4 nitrogen and oxygen atoms in total. The Balaban J connectivity index is 1.97. The Bertz CT molecular complexity index is 337. The van der Waals surface area contributed by atoms with Gasteiger partial charge in [-0.3, -0.25) is 4.68 Å². The molecule has 96 valence electrons. The summed E-state index contributed by atoms with van der Waals surface area (Å²) in [7, 11) is 0. The van der Waals surface area contributed by atoms with E-state index in [0.29, 0.717) is 6.04 Å². The fraction of sp³-hybridized carbons (Fsp3) is 0.769. The van der Waals surface area contributed by atoms with Crippen LogP contribution < -0.4 is 5.32 Å². The van der Waals surface area contributed by atoms with Crippen molar-refractivity contribution in [2.75, 3.05) is 13.2 Å². The summed E-state index contributed by atoms with van der Waals surface area (Å²) in [5, 5.41) is 7.90. The Morgan fingerprint density at radius 2 is 2.41 bits per heavy atom. The van der Waals surface area contributed by atoms with Gasteiger partial charge in [-0.15, -0.1) is 0 Å². The lowest BCUT2D eigenvalue weighted by Gasteiger charge is -2.30. The van der Waals surface area contributed by atoms with Crippen LogP contribution in [-0.4, -0.2) is 29.0 Å². The van der Waals surface area contributed by atoms with Gasteiger partial charge in [0.15, 0.2) is 0 Å². The van der Waals surface area contributed by atoms with Gasteiger partial charge in [-0.2, -0.15) is 5.10 Å². The zero-order valence-corrected chi connectivity index (χ0v) is 10.9. The normalized spacial score (nSPS) is 25.1. The second kappa shape index (κ2) is 6.17. The van der Waals surface area contributed by atoms with Crippen molar-refractivity contribution in [3.8, 4) is 0 Å². The van der Waals surface area contributed by atoms with Crippen molar-refractivity contribution in [1.82, 2.24) is 15.1 Å². The molecule has 0 aromatic carbocycles. The van der Waals surface area contributed by atoms with Crippen LogP contribution in [0.5, 0.6) is 0 Å². The van der Waals surface area contributed by atoms with Crippen LogP contribution in [0.15, 0.2) is 12.3 Å². The molecule has 0 bridgehead atoms. The minimum absolute atomic E-state index is 0.209. The molecule has 1 saturated heterocycles. The van der Waals surface area contributed by atoms with Crippen LogP contribution in [0.3, 0.4) is 0 Å². The number of ether oxygens (including phenoxy) is 1. The molecular weight excluding hydrogens is 214 g/mol. The fourth-order valence-corrected chi connectivity index (χ4v) is 2.42. The van der Waals surface area contributed by atoms with E-state index in [-0.39, 0.29) is 6.10 Å². The van der Waals surface area contributed by atoms with Crippen LogP contribution in [0.1, 0.15) is 44.9 Å². The maximum atomic E-state index is 5.87. The summed E-state index contributed by atoms with van der Waals surface area (Å²) in [6.07, 6.45) is 5.45. The maximum absolute atomic E-state index is 5.87. The summed E-state index contributed by atoms with van der Waals surface area (Å²) in [6.45, 7) is 7.18. The first-order chi connectivity index (χ1) is 8.35. The van der Waals surface area contributed by atoms with Gasteiger partial charge in [0.1, 0.15) is 6.10 Å². The predicted molar refractivity (Wildman–Crippen MR) is 67.9 cm³/mol. The Morgan fingerprint density at radius 1 is 1.53 bits per heavy atom. The molecule has 1 N–H and O–H groups in total. The third-order valence-electron chi connectivity index (χ3n) is 3.35. The van der Waals surface area contributed by atoms with E-state index in [2.05, 4.69) is 30.3 Å². The highest BCUT2D eigenvalue weighted by Gasteiger charge is 2.25. The lowest BCUT2D eigenvalue weighted by molar-refractivity contribution is -0.00462. The summed E-state index contributed by atoms with van der Waals surface area (Å²) >= 11 is 0. The smallest absolute Gasteiger partial charge is 0.101 e. The summed E-state index contributed by atoms with van der Waals surface area (Å²) < 4.78 is 7.91. The summed E-state index contributed by atoms with van der Waals surface area (Å²) in [6, 6.07) is 2.67. The van der Waals surface area contributed by atoms with E-state index < -0.39 is 0 Å². The van der Waals surface area contributed by atoms with Crippen LogP contribution in [0.25, 0.3) is 0 Å². The van der Waals surface area contributed by atoms with Crippen LogP contribution >= 0.6 is 0 Å². The molecule has 0 aliphatic carbocycles. The van der Waals surface area contributed by atoms with Crippen LogP contribution in [-0.2, 0) is 11.3 Å². The first-order valence-electron chi connectivity index (χ1n) is 6.71. The van der Waals surface area contributed by atoms with Gasteiger partial charge in [-0.05, 0) is 38.8 Å². The standard InChI is InChI=1S/C13H23N3O/c1-3-7-14-11-6-9-17-13(10-11)12-5-8-15-16(12)4-2/h5,8,11,13-14H,3-4,6-7,9-10H2,1-2H3. The molecule has 17 heavy (non-hydrogen) atoms. The van der Waals surface area contributed by atoms with E-state index in [1.165, 1.54) is 12.1 Å². The number of hydrogen-bond acceptors (Lipinski definition) is 3. The molecule has 4 heteroatoms. The molecule has 0 radical (unpaired) electrons. The lowest BCUT2D eigenvalue weighted by Crippen LogP contribution is -2.37. The van der Waals surface area contributed by atoms with Crippen molar-refractivity contribution < 1.29 is 4.74 Å². The van der Waals surface area contributed by atoms with Crippen molar-refractivity contribution in [1.29, 1.82) is 0 Å². The minimum Gasteiger partial charge on any atom is -0.372 e. The highest BCUT2D eigenvalue weighted by Crippen LogP contribution is 2.27. The lowest BCUT2D eigenvalue weighted by atomic mass is 10.0. The second-order valence-corrected chi connectivity index (χ2v) is 4.61. The zero-order valence-electron chi connectivity index (χ0n) is 10.9. The van der Waals surface area contributed by atoms with E-state index in [0.717, 1.165) is 32.5 Å². The summed E-state index contributed by atoms with van der Waals surface area (Å²) in [4.78, 5) is 0. The number of aromatic nitrogens is 2. The molecule has 1 aliphatic rings. The van der Waals surface area contributed by atoms with Crippen molar-refractivity contribution in [3.05, 3.63) is 18.0 Å². The average molecular weight is 237 g/mol. The van der Waals surface area contributed by atoms with E-state index >= 15 is 0 Å². The molecule has 1 aliphatic heterocycles. The van der Waals surface area contributed by atoms with E-state index in [1.54, 1.807) is 0 Å². The number of rotatable bonds is 5. The molecule has 2 heterocycles. The van der Waals surface area contributed by atoms with Gasteiger partial charge in [0.05, 0.1) is 5.69 Å². The number of nitrogens with zero attached hydrogens (tertiary/aromatic N) is 2. The van der Waals surface area contributed by atoms with E-state index in [1.807, 2.05) is 10.9 Å². The van der Waals surface area contributed by atoms with Crippen LogP contribution in [0.2, 0.25) is 0 Å². The molecule has 0 saturated carbocycles. The van der Waals surface area contributed by atoms with Gasteiger partial charge in [0, 0.05) is 25.4 Å². The van der Waals surface area contributed by atoms with Gasteiger partial charge in [-0.25, -0.2) is 0 Å². The molecule has 1 aromatic heterocycles. The highest BCUT2D eigenvalue weighted by molar-refractivity contribution is 5.06. The Morgan fingerprint density at radius 3 is 3.18 bits per heavy atom. The summed E-state index contributed by atoms with van der Waals surface area (Å²) in [5.74, 6) is 0. The molecule has 2 rings (SSSR count). The highest BCUT2D eigenvalue weighted by atomic mass is 16.5. The Labute approximate surface area is 103 Å². The fourth-order valence-electron chi connectivity index (χ4n) is 2.42. The second-order valence-electron chi connectivity index (χ2n) is 4.61. The number of hydrogen-bond donors (Lipinski definition) is 1. The van der Waals surface area contributed by atoms with Gasteiger partial charge < -0.3 is 10.1 Å². The van der Waals surface area contributed by atoms with Gasteiger partial charge in [0.2, 0.25) is 0 Å². The van der Waals surface area contributed by atoms with E-state index in [9.17, 15) is 0 Å². The maximum Gasteiger partial charge on any atom is 0.101 e. The quantitative estimate of drug-likeness (QED) is 0.852. The molecule has 1 fully saturated rings. The molecule has 0 amide bonds. The van der Waals surface area contributed by atoms with Gasteiger partial charge >= 0.3 is 0 Å². The first kappa shape index (κ1) is 12.6. The van der Waals surface area contributed by atoms with Crippen molar-refractivity contribution >= 4 is 0 Å². The zero-order chi connectivity index (χ0) is 12.1. The number of aryl methyl sites for hydroxylation is 1. The summed E-state index contributed by atoms with van der Waals surface area (Å²) in [5.41, 5.74) is 1.22. The third-order valence-corrected chi connectivity index (χ3v) is 3.35. The predicted octanol–water partition coefficient (Wildman–Crippen LogP) is 2.12. The molecule has 2 atom stereocenters. The first-order valence-corrected chi connectivity index (χ1v) is 6.71. The SMILES string of the molecule is CCCNC1CCOC(c2ccnn2CC)C1. The van der Waals surface area contributed by atoms with Crippen LogP contribution in [0, 0.1) is 0 Å². The largest absolute Gasteiger partial charge is 0.372 e. The number of nitrogens with one attached hydrogen (secondary N) is 1. The Kier molecular flexibility index (Phi) is 4.57. The monoisotopic (exact) mass is 237 g/mol.